The lowest BCUT2D eigenvalue weighted by Crippen LogP contribution is -2.54. The number of urea groups is 1. The van der Waals surface area contributed by atoms with Gasteiger partial charge in [-0.2, -0.15) is 0 Å². The number of rotatable bonds is 13. The first-order chi connectivity index (χ1) is 21.7. The van der Waals surface area contributed by atoms with Crippen molar-refractivity contribution in [2.75, 3.05) is 36.6 Å². The quantitative estimate of drug-likeness (QED) is 0.175. The number of ether oxygens (including phenoxy) is 4. The van der Waals surface area contributed by atoms with Crippen LogP contribution in [0.2, 0.25) is 5.02 Å². The fourth-order valence-corrected chi connectivity index (χ4v) is 4.68. The Morgan fingerprint density at radius 1 is 0.911 bits per heavy atom. The van der Waals surface area contributed by atoms with Crippen molar-refractivity contribution in [2.24, 2.45) is 0 Å². The Kier molecular flexibility index (Phi) is 11.0. The molecule has 3 aromatic carbocycles. The summed E-state index contributed by atoms with van der Waals surface area (Å²) in [5.41, 5.74) is 1.74. The Hall–Kier alpha value is -5.03. The van der Waals surface area contributed by atoms with Gasteiger partial charge in [-0.3, -0.25) is 19.7 Å². The topological polar surface area (TPSA) is 132 Å². The summed E-state index contributed by atoms with van der Waals surface area (Å²) in [7, 11) is 0. The van der Waals surface area contributed by atoms with Gasteiger partial charge in [-0.05, 0) is 74.7 Å². The zero-order chi connectivity index (χ0) is 32.5. The van der Waals surface area contributed by atoms with E-state index >= 15 is 0 Å². The maximum Gasteiger partial charge on any atom is 0.335 e. The molecule has 0 radical (unpaired) electrons. The molecule has 11 nitrogen and oxygen atoms in total. The Morgan fingerprint density at radius 3 is 2.36 bits per heavy atom. The normalized spacial score (nSPS) is 13.8. The highest BCUT2D eigenvalue weighted by Crippen LogP contribution is 2.38. The minimum absolute atomic E-state index is 0.0807. The predicted molar refractivity (Wildman–Crippen MR) is 170 cm³/mol. The molecule has 0 bridgehead atoms. The van der Waals surface area contributed by atoms with E-state index in [1.165, 1.54) is 30.3 Å². The van der Waals surface area contributed by atoms with Crippen LogP contribution in [0.4, 0.5) is 16.2 Å². The van der Waals surface area contributed by atoms with Crippen LogP contribution in [0.15, 0.2) is 60.2 Å². The molecule has 0 aromatic heterocycles. The number of para-hydroxylation sites is 1. The number of carbonyl (C=O) groups is 4. The standard InChI is InChI=1S/C33H34ClN3O8/c1-5-14-44-26-13-12-22(18-27(26)42-6-2)37-32(40)23(31(39)36-33(37)41)15-21-16-24(34)30(28(17-21)43-7-3)45-19-29(38)35-25-11-9-8-10-20(25)4/h8-13,15-18H,5-7,14,19H2,1-4H3,(H,35,38)(H,36,39,41)/b23-15+. The van der Waals surface area contributed by atoms with Crippen LogP contribution in [-0.2, 0) is 14.4 Å². The molecule has 1 fully saturated rings. The minimum Gasteiger partial charge on any atom is -0.490 e. The summed E-state index contributed by atoms with van der Waals surface area (Å²) in [4.78, 5) is 52.6. The summed E-state index contributed by atoms with van der Waals surface area (Å²) in [5, 5.41) is 5.07. The molecule has 1 aliphatic rings. The van der Waals surface area contributed by atoms with Crippen LogP contribution >= 0.6 is 11.6 Å². The Morgan fingerprint density at radius 2 is 1.64 bits per heavy atom. The summed E-state index contributed by atoms with van der Waals surface area (Å²) >= 11 is 6.53. The lowest BCUT2D eigenvalue weighted by molar-refractivity contribution is -0.122. The van der Waals surface area contributed by atoms with Crippen molar-refractivity contribution in [3.63, 3.8) is 0 Å². The van der Waals surface area contributed by atoms with Crippen LogP contribution in [0, 0.1) is 6.92 Å². The third-order valence-electron chi connectivity index (χ3n) is 6.46. The number of barbiturate groups is 1. The van der Waals surface area contributed by atoms with Gasteiger partial charge in [-0.25, -0.2) is 9.69 Å². The van der Waals surface area contributed by atoms with Crippen molar-refractivity contribution >= 4 is 52.8 Å². The molecule has 0 saturated carbocycles. The average Bonchev–Trinajstić information content (AvgIpc) is 3.00. The van der Waals surface area contributed by atoms with E-state index in [9.17, 15) is 19.2 Å². The van der Waals surface area contributed by atoms with Gasteiger partial charge in [0.15, 0.2) is 29.6 Å². The molecule has 2 N–H and O–H groups in total. The van der Waals surface area contributed by atoms with Crippen molar-refractivity contribution in [3.8, 4) is 23.0 Å². The number of anilines is 2. The number of amides is 5. The molecule has 1 aliphatic heterocycles. The molecule has 236 valence electrons. The first kappa shape index (κ1) is 32.9. The van der Waals surface area contributed by atoms with Crippen molar-refractivity contribution in [2.45, 2.75) is 34.1 Å². The van der Waals surface area contributed by atoms with E-state index in [-0.39, 0.29) is 41.0 Å². The molecule has 0 atom stereocenters. The van der Waals surface area contributed by atoms with Crippen molar-refractivity contribution in [1.29, 1.82) is 0 Å². The molecule has 12 heteroatoms. The lowest BCUT2D eigenvalue weighted by Gasteiger charge is -2.27. The van der Waals surface area contributed by atoms with Crippen LogP contribution in [0.5, 0.6) is 23.0 Å². The molecule has 1 saturated heterocycles. The third-order valence-corrected chi connectivity index (χ3v) is 6.74. The van der Waals surface area contributed by atoms with Gasteiger partial charge in [0, 0.05) is 11.8 Å². The second-order valence-electron chi connectivity index (χ2n) is 9.79. The number of halogens is 1. The van der Waals surface area contributed by atoms with E-state index in [2.05, 4.69) is 10.6 Å². The monoisotopic (exact) mass is 635 g/mol. The van der Waals surface area contributed by atoms with Gasteiger partial charge in [-0.1, -0.05) is 36.7 Å². The van der Waals surface area contributed by atoms with Gasteiger partial charge in [0.05, 0.1) is 30.5 Å². The SMILES string of the molecule is CCCOc1ccc(N2C(=O)NC(=O)/C(=C\c3cc(Cl)c(OCC(=O)Nc4ccccc4C)c(OCC)c3)C2=O)cc1OCC. The lowest BCUT2D eigenvalue weighted by atomic mass is 10.1. The summed E-state index contributed by atoms with van der Waals surface area (Å²) in [5.74, 6) is -1.00. The van der Waals surface area contributed by atoms with Gasteiger partial charge in [0.1, 0.15) is 5.57 Å². The van der Waals surface area contributed by atoms with Crippen LogP contribution in [0.1, 0.15) is 38.3 Å². The highest BCUT2D eigenvalue weighted by molar-refractivity contribution is 6.39. The van der Waals surface area contributed by atoms with E-state index in [0.29, 0.717) is 36.0 Å². The third kappa shape index (κ3) is 7.93. The van der Waals surface area contributed by atoms with Gasteiger partial charge >= 0.3 is 6.03 Å². The molecule has 45 heavy (non-hydrogen) atoms. The predicted octanol–water partition coefficient (Wildman–Crippen LogP) is 5.92. The maximum absolute atomic E-state index is 13.6. The summed E-state index contributed by atoms with van der Waals surface area (Å²) in [6.07, 6.45) is 2.07. The molecule has 0 aliphatic carbocycles. The van der Waals surface area contributed by atoms with Crippen LogP contribution in [0.25, 0.3) is 6.08 Å². The van der Waals surface area contributed by atoms with E-state index < -0.39 is 23.8 Å². The molecule has 0 spiro atoms. The number of hydrogen-bond donors (Lipinski definition) is 2. The van der Waals surface area contributed by atoms with Gasteiger partial charge in [-0.15, -0.1) is 0 Å². The van der Waals surface area contributed by atoms with Crippen molar-refractivity contribution in [1.82, 2.24) is 5.32 Å². The molecule has 5 amide bonds. The van der Waals surface area contributed by atoms with E-state index in [1.807, 2.05) is 32.0 Å². The van der Waals surface area contributed by atoms with E-state index in [0.717, 1.165) is 16.9 Å². The number of hydrogen-bond acceptors (Lipinski definition) is 8. The molecule has 1 heterocycles. The summed E-state index contributed by atoms with van der Waals surface area (Å²) < 4.78 is 22.8. The molecule has 3 aromatic rings. The van der Waals surface area contributed by atoms with Gasteiger partial charge in [0.25, 0.3) is 17.7 Å². The highest BCUT2D eigenvalue weighted by Gasteiger charge is 2.37. The smallest absolute Gasteiger partial charge is 0.335 e. The second-order valence-corrected chi connectivity index (χ2v) is 10.2. The molecule has 0 unspecified atom stereocenters. The zero-order valence-electron chi connectivity index (χ0n) is 25.4. The highest BCUT2D eigenvalue weighted by atomic mass is 35.5. The Bertz CT molecular complexity index is 1640. The van der Waals surface area contributed by atoms with Crippen LogP contribution in [-0.4, -0.2) is 50.2 Å². The number of aryl methyl sites for hydroxylation is 1. The number of benzene rings is 3. The molecular weight excluding hydrogens is 602 g/mol. The van der Waals surface area contributed by atoms with Crippen molar-refractivity contribution in [3.05, 3.63) is 76.3 Å². The molecular formula is C33H34ClN3O8. The van der Waals surface area contributed by atoms with E-state index in [4.69, 9.17) is 30.5 Å². The van der Waals surface area contributed by atoms with Crippen molar-refractivity contribution < 1.29 is 38.1 Å². The van der Waals surface area contributed by atoms with Crippen LogP contribution < -0.4 is 34.5 Å². The first-order valence-electron chi connectivity index (χ1n) is 14.4. The minimum atomic E-state index is -0.910. The zero-order valence-corrected chi connectivity index (χ0v) is 26.2. The van der Waals surface area contributed by atoms with Gasteiger partial charge in [0.2, 0.25) is 0 Å². The summed E-state index contributed by atoms with van der Waals surface area (Å²) in [6, 6.07) is 14.0. The number of imide groups is 2. The van der Waals surface area contributed by atoms with Gasteiger partial charge < -0.3 is 24.3 Å². The molecule has 4 rings (SSSR count). The second kappa shape index (κ2) is 15.1. The fraction of sp³-hybridized carbons (Fsp3) is 0.273. The van der Waals surface area contributed by atoms with Crippen LogP contribution in [0.3, 0.4) is 0 Å². The fourth-order valence-electron chi connectivity index (χ4n) is 4.41. The Labute approximate surface area is 266 Å². The maximum atomic E-state index is 13.6. The largest absolute Gasteiger partial charge is 0.490 e. The number of nitrogens with zero attached hydrogens (tertiary/aromatic N) is 1. The number of carbonyl (C=O) groups excluding carboxylic acids is 4. The summed E-state index contributed by atoms with van der Waals surface area (Å²) in [6.45, 7) is 8.07. The average molecular weight is 636 g/mol. The Balaban J connectivity index is 1.60. The number of nitrogens with one attached hydrogen (secondary N) is 2. The van der Waals surface area contributed by atoms with E-state index in [1.54, 1.807) is 26.0 Å². The first-order valence-corrected chi connectivity index (χ1v) is 14.8.